The molecule has 2 heterocycles. The number of amides is 1. The molecule has 0 fully saturated rings. The van der Waals surface area contributed by atoms with Gasteiger partial charge in [0.05, 0.1) is 6.20 Å². The van der Waals surface area contributed by atoms with Crippen LogP contribution in [0.15, 0.2) is 29.3 Å². The number of pyridine rings is 1. The molecule has 19 heavy (non-hydrogen) atoms. The number of hydrogen-bond acceptors (Lipinski definition) is 4. The quantitative estimate of drug-likeness (QED) is 0.908. The molecule has 0 saturated carbocycles. The fourth-order valence-corrected chi connectivity index (χ4v) is 1.59. The van der Waals surface area contributed by atoms with E-state index in [2.05, 4.69) is 10.3 Å². The van der Waals surface area contributed by atoms with Gasteiger partial charge < -0.3 is 10.1 Å². The van der Waals surface area contributed by atoms with E-state index in [-0.39, 0.29) is 5.75 Å². The highest BCUT2D eigenvalue weighted by atomic mass is 16.6. The molecule has 0 aliphatic carbocycles. The molecule has 0 aromatic carbocycles. The Morgan fingerprint density at radius 3 is 3.05 bits per heavy atom. The Bertz CT molecular complexity index is 664. The van der Waals surface area contributed by atoms with Crippen LogP contribution in [0.3, 0.4) is 0 Å². The van der Waals surface area contributed by atoms with Gasteiger partial charge in [0.1, 0.15) is 5.65 Å². The van der Waals surface area contributed by atoms with Crippen molar-refractivity contribution in [1.82, 2.24) is 14.7 Å². The minimum atomic E-state index is -0.646. The van der Waals surface area contributed by atoms with Gasteiger partial charge in [-0.05, 0) is 31.0 Å². The van der Waals surface area contributed by atoms with Crippen LogP contribution in [-0.4, -0.2) is 22.0 Å². The fourth-order valence-electron chi connectivity index (χ4n) is 1.59. The lowest BCUT2D eigenvalue weighted by Crippen LogP contribution is -2.30. The number of aromatic nitrogens is 2. The summed E-state index contributed by atoms with van der Waals surface area (Å²) in [7, 11) is 0. The van der Waals surface area contributed by atoms with Crippen molar-refractivity contribution in [3.63, 3.8) is 0 Å². The van der Waals surface area contributed by atoms with Gasteiger partial charge in [0.2, 0.25) is 5.75 Å². The first kappa shape index (κ1) is 13.1. The van der Waals surface area contributed by atoms with Gasteiger partial charge in [0.15, 0.2) is 0 Å². The Hall–Kier alpha value is -2.37. The van der Waals surface area contributed by atoms with E-state index in [1.165, 1.54) is 10.6 Å². The molecule has 6 nitrogen and oxygen atoms in total. The predicted octanol–water partition coefficient (Wildman–Crippen LogP) is 1.50. The van der Waals surface area contributed by atoms with Crippen LogP contribution >= 0.6 is 0 Å². The Morgan fingerprint density at radius 2 is 2.32 bits per heavy atom. The smallest absolute Gasteiger partial charge is 0.403 e. The summed E-state index contributed by atoms with van der Waals surface area (Å²) in [6, 6.07) is 3.57. The molecule has 100 valence electrons. The molecule has 0 radical (unpaired) electrons. The zero-order chi connectivity index (χ0) is 13.8. The Morgan fingerprint density at radius 1 is 1.53 bits per heavy atom. The summed E-state index contributed by atoms with van der Waals surface area (Å²) in [5.74, 6) is -0.0880. The van der Waals surface area contributed by atoms with E-state index in [1.807, 2.05) is 13.8 Å². The van der Waals surface area contributed by atoms with E-state index in [0.717, 1.165) is 12.0 Å². The van der Waals surface area contributed by atoms with Crippen molar-refractivity contribution in [2.45, 2.75) is 20.3 Å². The number of carbonyl (C=O) groups is 1. The highest BCUT2D eigenvalue weighted by Crippen LogP contribution is 2.06. The summed E-state index contributed by atoms with van der Waals surface area (Å²) in [4.78, 5) is 27.6. The summed E-state index contributed by atoms with van der Waals surface area (Å²) < 4.78 is 6.28. The normalized spacial score (nSPS) is 10.4. The van der Waals surface area contributed by atoms with Crippen molar-refractivity contribution in [3.05, 3.63) is 40.4 Å². The van der Waals surface area contributed by atoms with Crippen LogP contribution in [0.1, 0.15) is 18.9 Å². The van der Waals surface area contributed by atoms with Gasteiger partial charge in [-0.2, -0.15) is 0 Å². The van der Waals surface area contributed by atoms with Crippen LogP contribution in [-0.2, 0) is 0 Å². The number of nitrogens with zero attached hydrogens (tertiary/aromatic N) is 2. The second-order valence-corrected chi connectivity index (χ2v) is 4.18. The van der Waals surface area contributed by atoms with E-state index < -0.39 is 11.7 Å². The molecular formula is C13H15N3O3. The van der Waals surface area contributed by atoms with Gasteiger partial charge >= 0.3 is 11.7 Å². The zero-order valence-corrected chi connectivity index (χ0v) is 10.8. The first-order chi connectivity index (χ1) is 9.11. The molecule has 0 saturated heterocycles. The molecule has 0 aliphatic rings. The SMILES string of the molecule is CCCNC(=O)Oc1cnc2cc(C)ccn2c1=O. The van der Waals surface area contributed by atoms with Crippen molar-refractivity contribution in [1.29, 1.82) is 0 Å². The maximum absolute atomic E-state index is 12.1. The molecule has 6 heteroatoms. The predicted molar refractivity (Wildman–Crippen MR) is 70.5 cm³/mol. The van der Waals surface area contributed by atoms with E-state index in [1.54, 1.807) is 18.3 Å². The Balaban J connectivity index is 2.30. The zero-order valence-electron chi connectivity index (χ0n) is 10.8. The van der Waals surface area contributed by atoms with Gasteiger partial charge in [0.25, 0.3) is 0 Å². The highest BCUT2D eigenvalue weighted by molar-refractivity contribution is 5.70. The van der Waals surface area contributed by atoms with Gasteiger partial charge in [-0.25, -0.2) is 9.78 Å². The fraction of sp³-hybridized carbons (Fsp3) is 0.308. The molecule has 0 aliphatic heterocycles. The molecule has 2 aromatic heterocycles. The topological polar surface area (TPSA) is 72.7 Å². The lowest BCUT2D eigenvalue weighted by atomic mass is 10.3. The van der Waals surface area contributed by atoms with E-state index >= 15 is 0 Å². The van der Waals surface area contributed by atoms with E-state index in [4.69, 9.17) is 4.74 Å². The van der Waals surface area contributed by atoms with E-state index in [0.29, 0.717) is 12.2 Å². The number of aryl methyl sites for hydroxylation is 1. The second kappa shape index (κ2) is 5.51. The van der Waals surface area contributed by atoms with Gasteiger partial charge in [-0.3, -0.25) is 9.20 Å². The van der Waals surface area contributed by atoms with Crippen molar-refractivity contribution in [2.24, 2.45) is 0 Å². The highest BCUT2D eigenvalue weighted by Gasteiger charge is 2.10. The summed E-state index contributed by atoms with van der Waals surface area (Å²) >= 11 is 0. The molecule has 0 atom stereocenters. The molecule has 1 N–H and O–H groups in total. The molecule has 1 amide bonds. The minimum absolute atomic E-state index is 0.0880. The number of carbonyl (C=O) groups excluding carboxylic acids is 1. The number of rotatable bonds is 3. The lowest BCUT2D eigenvalue weighted by Gasteiger charge is -2.06. The molecule has 0 unspecified atom stereocenters. The van der Waals surface area contributed by atoms with Crippen LogP contribution < -0.4 is 15.6 Å². The van der Waals surface area contributed by atoms with Crippen molar-refractivity contribution >= 4 is 11.7 Å². The summed E-state index contributed by atoms with van der Waals surface area (Å²) in [5.41, 5.74) is 1.12. The maximum Gasteiger partial charge on any atom is 0.412 e. The first-order valence-electron chi connectivity index (χ1n) is 6.05. The van der Waals surface area contributed by atoms with Crippen molar-refractivity contribution in [2.75, 3.05) is 6.54 Å². The van der Waals surface area contributed by atoms with Gasteiger partial charge in [-0.15, -0.1) is 0 Å². The average molecular weight is 261 g/mol. The molecular weight excluding hydrogens is 246 g/mol. The Labute approximate surface area is 110 Å². The van der Waals surface area contributed by atoms with Crippen LogP contribution in [0.2, 0.25) is 0 Å². The average Bonchev–Trinajstić information content (AvgIpc) is 2.39. The third kappa shape index (κ3) is 2.90. The third-order valence-corrected chi connectivity index (χ3v) is 2.56. The standard InChI is InChI=1S/C13H15N3O3/c1-3-5-14-13(18)19-10-8-15-11-7-9(2)4-6-16(11)12(10)17/h4,6-8H,3,5H2,1-2H3,(H,14,18). The van der Waals surface area contributed by atoms with Crippen molar-refractivity contribution in [3.8, 4) is 5.75 Å². The number of ether oxygens (including phenoxy) is 1. The summed E-state index contributed by atoms with van der Waals surface area (Å²) in [6.07, 6.45) is 3.02. The Kier molecular flexibility index (Phi) is 3.79. The first-order valence-corrected chi connectivity index (χ1v) is 6.05. The summed E-state index contributed by atoms with van der Waals surface area (Å²) in [5, 5.41) is 2.53. The molecule has 0 bridgehead atoms. The second-order valence-electron chi connectivity index (χ2n) is 4.18. The number of hydrogen-bond donors (Lipinski definition) is 1. The number of fused-ring (bicyclic) bond motifs is 1. The van der Waals surface area contributed by atoms with E-state index in [9.17, 15) is 9.59 Å². The number of nitrogens with one attached hydrogen (secondary N) is 1. The maximum atomic E-state index is 12.1. The third-order valence-electron chi connectivity index (χ3n) is 2.56. The summed E-state index contributed by atoms with van der Waals surface area (Å²) in [6.45, 7) is 4.34. The lowest BCUT2D eigenvalue weighted by molar-refractivity contribution is 0.199. The monoisotopic (exact) mass is 261 g/mol. The van der Waals surface area contributed by atoms with Crippen LogP contribution in [0.25, 0.3) is 5.65 Å². The largest absolute Gasteiger partial charge is 0.412 e. The van der Waals surface area contributed by atoms with Crippen molar-refractivity contribution < 1.29 is 9.53 Å². The minimum Gasteiger partial charge on any atom is -0.403 e. The van der Waals surface area contributed by atoms with Gasteiger partial charge in [0, 0.05) is 12.7 Å². The van der Waals surface area contributed by atoms with Gasteiger partial charge in [-0.1, -0.05) is 6.92 Å². The molecule has 2 aromatic rings. The van der Waals surface area contributed by atoms with Crippen LogP contribution in [0.5, 0.6) is 5.75 Å². The molecule has 2 rings (SSSR count). The van der Waals surface area contributed by atoms with Crippen LogP contribution in [0, 0.1) is 6.92 Å². The van der Waals surface area contributed by atoms with Crippen LogP contribution in [0.4, 0.5) is 4.79 Å². The molecule has 0 spiro atoms.